The third-order valence-electron chi connectivity index (χ3n) is 7.53. The molecule has 4 heteroatoms. The molecule has 0 amide bonds. The van der Waals surface area contributed by atoms with E-state index in [9.17, 15) is 0 Å². The van der Waals surface area contributed by atoms with Gasteiger partial charge in [-0.05, 0) is 55.3 Å². The van der Waals surface area contributed by atoms with Crippen LogP contribution in [0.3, 0.4) is 0 Å². The number of hydrogen-bond donors (Lipinski definition) is 0. The van der Waals surface area contributed by atoms with Gasteiger partial charge in [0.15, 0.2) is 17.5 Å². The van der Waals surface area contributed by atoms with Crippen molar-refractivity contribution in [1.82, 2.24) is 19.5 Å². The Kier molecular flexibility index (Phi) is 5.94. The number of aryl methyl sites for hydroxylation is 2. The van der Waals surface area contributed by atoms with E-state index < -0.39 is 0 Å². The van der Waals surface area contributed by atoms with E-state index >= 15 is 0 Å². The lowest BCUT2D eigenvalue weighted by Gasteiger charge is -2.11. The first-order valence-electron chi connectivity index (χ1n) is 13.7. The monoisotopic (exact) mass is 516 g/mol. The second kappa shape index (κ2) is 9.90. The van der Waals surface area contributed by atoms with Crippen molar-refractivity contribution in [3.8, 4) is 39.9 Å². The predicted molar refractivity (Wildman–Crippen MR) is 165 cm³/mol. The van der Waals surface area contributed by atoms with E-state index in [1.807, 2.05) is 0 Å². The van der Waals surface area contributed by atoms with Crippen molar-refractivity contribution in [2.75, 3.05) is 0 Å². The average molecular weight is 517 g/mol. The molecule has 2 aromatic heterocycles. The minimum Gasteiger partial charge on any atom is -0.309 e. The molecule has 0 atom stereocenters. The molecule has 0 fully saturated rings. The number of aromatic nitrogens is 4. The number of nitrogens with zero attached hydrogens (tertiary/aromatic N) is 4. The summed E-state index contributed by atoms with van der Waals surface area (Å²) >= 11 is 0. The van der Waals surface area contributed by atoms with Crippen LogP contribution in [0.15, 0.2) is 121 Å². The molecular weight excluding hydrogens is 488 g/mol. The molecule has 5 aromatic carbocycles. The highest BCUT2D eigenvalue weighted by Gasteiger charge is 2.14. The van der Waals surface area contributed by atoms with E-state index in [1.165, 1.54) is 32.9 Å². The van der Waals surface area contributed by atoms with Crippen LogP contribution in [0.25, 0.3) is 61.7 Å². The van der Waals surface area contributed by atoms with Gasteiger partial charge in [-0.15, -0.1) is 0 Å². The summed E-state index contributed by atoms with van der Waals surface area (Å²) < 4.78 is 2.32. The maximum absolute atomic E-state index is 4.94. The molecule has 0 aliphatic heterocycles. The third kappa shape index (κ3) is 4.24. The molecule has 7 aromatic rings. The van der Waals surface area contributed by atoms with Gasteiger partial charge in [-0.3, -0.25) is 0 Å². The van der Waals surface area contributed by atoms with Crippen LogP contribution in [-0.2, 0) is 6.42 Å². The molecule has 0 spiro atoms. The second-order valence-electron chi connectivity index (χ2n) is 10.1. The SMILES string of the molecule is CCc1ccc(-c2nc(-c3ccc(C)cc3)nc(-c3ccc(-n4c5ccccc5c5ccccc54)cc3)n2)cc1. The zero-order valence-corrected chi connectivity index (χ0v) is 22.5. The minimum absolute atomic E-state index is 0.661. The van der Waals surface area contributed by atoms with Crippen molar-refractivity contribution < 1.29 is 0 Å². The Labute approximate surface area is 233 Å². The fourth-order valence-electron chi connectivity index (χ4n) is 5.32. The summed E-state index contributed by atoms with van der Waals surface area (Å²) in [4.78, 5) is 14.7. The van der Waals surface area contributed by atoms with Crippen LogP contribution in [0, 0.1) is 6.92 Å². The van der Waals surface area contributed by atoms with Crippen molar-refractivity contribution >= 4 is 21.8 Å². The Morgan fingerprint density at radius 2 is 0.925 bits per heavy atom. The third-order valence-corrected chi connectivity index (χ3v) is 7.53. The van der Waals surface area contributed by atoms with E-state index in [-0.39, 0.29) is 0 Å². The van der Waals surface area contributed by atoms with Crippen molar-refractivity contribution in [3.63, 3.8) is 0 Å². The topological polar surface area (TPSA) is 43.6 Å². The number of fused-ring (bicyclic) bond motifs is 3. The van der Waals surface area contributed by atoms with Crippen LogP contribution in [0.4, 0.5) is 0 Å². The van der Waals surface area contributed by atoms with Crippen molar-refractivity contribution in [2.45, 2.75) is 20.3 Å². The average Bonchev–Trinajstić information content (AvgIpc) is 3.36. The summed E-state index contributed by atoms with van der Waals surface area (Å²) in [5.41, 5.74) is 8.88. The number of para-hydroxylation sites is 2. The lowest BCUT2D eigenvalue weighted by Crippen LogP contribution is -2.01. The van der Waals surface area contributed by atoms with Crippen LogP contribution in [0.5, 0.6) is 0 Å². The Bertz CT molecular complexity index is 1910. The quantitative estimate of drug-likeness (QED) is 0.229. The Morgan fingerprint density at radius 3 is 1.40 bits per heavy atom. The summed E-state index contributed by atoms with van der Waals surface area (Å²) in [6.07, 6.45) is 0.996. The van der Waals surface area contributed by atoms with Crippen molar-refractivity contribution in [1.29, 1.82) is 0 Å². The van der Waals surface area contributed by atoms with Crippen molar-refractivity contribution in [2.24, 2.45) is 0 Å². The maximum atomic E-state index is 4.94. The van der Waals surface area contributed by atoms with Crippen LogP contribution in [0.2, 0.25) is 0 Å². The number of rotatable bonds is 5. The zero-order valence-electron chi connectivity index (χ0n) is 22.5. The summed E-state index contributed by atoms with van der Waals surface area (Å²) in [5, 5.41) is 2.50. The number of hydrogen-bond acceptors (Lipinski definition) is 3. The molecule has 0 unspecified atom stereocenters. The first-order chi connectivity index (χ1) is 19.7. The van der Waals surface area contributed by atoms with Crippen LogP contribution < -0.4 is 0 Å². The van der Waals surface area contributed by atoms with Crippen LogP contribution >= 0.6 is 0 Å². The van der Waals surface area contributed by atoms with Gasteiger partial charge in [-0.25, -0.2) is 15.0 Å². The van der Waals surface area contributed by atoms with Gasteiger partial charge in [0.25, 0.3) is 0 Å². The molecule has 0 aliphatic carbocycles. The van der Waals surface area contributed by atoms with E-state index in [4.69, 9.17) is 15.0 Å². The van der Waals surface area contributed by atoms with Crippen LogP contribution in [0.1, 0.15) is 18.1 Å². The number of benzene rings is 5. The van der Waals surface area contributed by atoms with Crippen molar-refractivity contribution in [3.05, 3.63) is 132 Å². The molecule has 192 valence electrons. The summed E-state index contributed by atoms with van der Waals surface area (Å²) in [6, 6.07) is 42.5. The van der Waals surface area contributed by atoms with Gasteiger partial charge in [-0.1, -0.05) is 97.4 Å². The fraction of sp³-hybridized carbons (Fsp3) is 0.0833. The van der Waals surface area contributed by atoms with Gasteiger partial charge in [-0.2, -0.15) is 0 Å². The molecule has 7 rings (SSSR count). The Hall–Kier alpha value is -5.09. The molecule has 0 radical (unpaired) electrons. The van der Waals surface area contributed by atoms with Gasteiger partial charge in [0, 0.05) is 33.2 Å². The van der Waals surface area contributed by atoms with Gasteiger partial charge >= 0.3 is 0 Å². The molecule has 2 heterocycles. The van der Waals surface area contributed by atoms with Gasteiger partial charge in [0.05, 0.1) is 11.0 Å². The summed E-state index contributed by atoms with van der Waals surface area (Å²) in [5.74, 6) is 2.01. The first-order valence-corrected chi connectivity index (χ1v) is 13.7. The lowest BCUT2D eigenvalue weighted by atomic mass is 10.1. The molecule has 0 saturated carbocycles. The zero-order chi connectivity index (χ0) is 27.1. The highest BCUT2D eigenvalue weighted by atomic mass is 15.0. The normalized spacial score (nSPS) is 11.3. The van der Waals surface area contributed by atoms with Gasteiger partial charge in [0.1, 0.15) is 0 Å². The Morgan fingerprint density at radius 1 is 0.500 bits per heavy atom. The highest BCUT2D eigenvalue weighted by Crippen LogP contribution is 2.32. The Balaban J connectivity index is 1.35. The summed E-state index contributed by atoms with van der Waals surface area (Å²) in [7, 11) is 0. The smallest absolute Gasteiger partial charge is 0.164 e. The van der Waals surface area contributed by atoms with Gasteiger partial charge < -0.3 is 4.57 Å². The lowest BCUT2D eigenvalue weighted by molar-refractivity contribution is 1.07. The summed E-state index contributed by atoms with van der Waals surface area (Å²) in [6.45, 7) is 4.25. The molecule has 0 bridgehead atoms. The second-order valence-corrected chi connectivity index (χ2v) is 10.1. The molecular formula is C36H28N4. The molecule has 0 N–H and O–H groups in total. The molecule has 0 saturated heterocycles. The highest BCUT2D eigenvalue weighted by molar-refractivity contribution is 6.09. The molecule has 40 heavy (non-hydrogen) atoms. The fourth-order valence-corrected chi connectivity index (χ4v) is 5.32. The van der Waals surface area contributed by atoms with E-state index in [2.05, 4.69) is 140 Å². The maximum Gasteiger partial charge on any atom is 0.164 e. The molecule has 0 aliphatic rings. The molecule has 4 nitrogen and oxygen atoms in total. The van der Waals surface area contributed by atoms with E-state index in [0.717, 1.165) is 28.8 Å². The standard InChI is InChI=1S/C36H28N4/c1-3-25-14-18-27(19-15-25)35-37-34(26-16-12-24(2)13-17-26)38-36(39-35)28-20-22-29(23-21-28)40-32-10-6-4-8-30(32)31-9-5-7-11-33(31)40/h4-23H,3H2,1-2H3. The minimum atomic E-state index is 0.661. The van der Waals surface area contributed by atoms with E-state index in [0.29, 0.717) is 17.5 Å². The van der Waals surface area contributed by atoms with E-state index in [1.54, 1.807) is 0 Å². The largest absolute Gasteiger partial charge is 0.309 e. The van der Waals surface area contributed by atoms with Gasteiger partial charge in [0.2, 0.25) is 0 Å². The predicted octanol–water partition coefficient (Wildman–Crippen LogP) is 8.84. The van der Waals surface area contributed by atoms with Crippen LogP contribution in [-0.4, -0.2) is 19.5 Å². The first kappa shape index (κ1) is 24.0.